The van der Waals surface area contributed by atoms with E-state index in [1.165, 1.54) is 0 Å². The number of nitrogens with zero attached hydrogens (tertiary/aromatic N) is 2. The summed E-state index contributed by atoms with van der Waals surface area (Å²) in [5.41, 5.74) is 2.42. The van der Waals surface area contributed by atoms with E-state index in [4.69, 9.17) is 9.73 Å². The number of benzene rings is 3. The van der Waals surface area contributed by atoms with Crippen LogP contribution in [0.5, 0.6) is 5.75 Å². The first kappa shape index (κ1) is 21.2. The number of hydrogen-bond acceptors (Lipinski definition) is 5. The van der Waals surface area contributed by atoms with Crippen molar-refractivity contribution in [2.24, 2.45) is 4.99 Å². The maximum absolute atomic E-state index is 11.7. The van der Waals surface area contributed by atoms with Gasteiger partial charge in [0.15, 0.2) is 5.72 Å². The third kappa shape index (κ3) is 4.68. The quantitative estimate of drug-likeness (QED) is 0.479. The summed E-state index contributed by atoms with van der Waals surface area (Å²) >= 11 is 1.63. The van der Waals surface area contributed by atoms with Gasteiger partial charge in [0, 0.05) is 17.0 Å². The Morgan fingerprint density at radius 1 is 1.03 bits per heavy atom. The Bertz CT molecular complexity index is 1070. The second kappa shape index (κ2) is 9.41. The van der Waals surface area contributed by atoms with Gasteiger partial charge >= 0.3 is 0 Å². The minimum absolute atomic E-state index is 0.536. The predicted molar refractivity (Wildman–Crippen MR) is 130 cm³/mol. The number of hydrogen-bond donors (Lipinski definition) is 1. The molecule has 31 heavy (non-hydrogen) atoms. The van der Waals surface area contributed by atoms with Crippen LogP contribution in [0.2, 0.25) is 0 Å². The standard InChI is InChI=1S/C26H26N2O2S/c1-3-30-24-16-14-22(15-17-24)27-20(2)18-25-28(23-12-8-5-9-13-23)26(29,19-31-25)21-10-6-4-7-11-21/h4-18,29H,3,19H2,1-2H3/b25-18+,27-20?/t26-/m1/s1. The molecule has 4 rings (SSSR count). The summed E-state index contributed by atoms with van der Waals surface area (Å²) in [6.07, 6.45) is 2.04. The van der Waals surface area contributed by atoms with Gasteiger partial charge in [-0.05, 0) is 56.3 Å². The molecule has 0 spiro atoms. The van der Waals surface area contributed by atoms with Crippen LogP contribution in [0.3, 0.4) is 0 Å². The van der Waals surface area contributed by atoms with E-state index in [2.05, 4.69) is 0 Å². The fourth-order valence-electron chi connectivity index (χ4n) is 3.63. The van der Waals surface area contributed by atoms with E-state index in [0.717, 1.165) is 33.4 Å². The third-order valence-corrected chi connectivity index (χ3v) is 6.19. The molecule has 0 unspecified atom stereocenters. The zero-order chi connectivity index (χ0) is 21.7. The van der Waals surface area contributed by atoms with Gasteiger partial charge in [0.1, 0.15) is 5.75 Å². The van der Waals surface area contributed by atoms with E-state index < -0.39 is 5.72 Å². The Morgan fingerprint density at radius 3 is 2.32 bits per heavy atom. The molecular formula is C26H26N2O2S. The molecule has 1 atom stereocenters. The summed E-state index contributed by atoms with van der Waals surface area (Å²) in [5.74, 6) is 1.38. The minimum atomic E-state index is -1.13. The van der Waals surface area contributed by atoms with Crippen molar-refractivity contribution in [2.75, 3.05) is 17.3 Å². The summed E-state index contributed by atoms with van der Waals surface area (Å²) < 4.78 is 5.50. The van der Waals surface area contributed by atoms with Gasteiger partial charge in [0.25, 0.3) is 0 Å². The lowest BCUT2D eigenvalue weighted by Crippen LogP contribution is -2.42. The van der Waals surface area contributed by atoms with Crippen molar-refractivity contribution < 1.29 is 9.84 Å². The van der Waals surface area contributed by atoms with Crippen LogP contribution in [-0.2, 0) is 5.72 Å². The van der Waals surface area contributed by atoms with Gasteiger partial charge < -0.3 is 14.7 Å². The highest BCUT2D eigenvalue weighted by molar-refractivity contribution is 8.03. The summed E-state index contributed by atoms with van der Waals surface area (Å²) in [5, 5.41) is 12.7. The number of para-hydroxylation sites is 1. The van der Waals surface area contributed by atoms with Crippen LogP contribution >= 0.6 is 11.8 Å². The molecule has 0 radical (unpaired) electrons. The summed E-state index contributed by atoms with van der Waals surface area (Å²) in [7, 11) is 0. The molecule has 1 fully saturated rings. The fraction of sp³-hybridized carbons (Fsp3) is 0.192. The zero-order valence-electron chi connectivity index (χ0n) is 17.7. The van der Waals surface area contributed by atoms with Crippen molar-refractivity contribution in [2.45, 2.75) is 19.6 Å². The molecule has 0 aromatic heterocycles. The van der Waals surface area contributed by atoms with E-state index in [-0.39, 0.29) is 0 Å². The first-order valence-corrected chi connectivity index (χ1v) is 11.3. The van der Waals surface area contributed by atoms with Gasteiger partial charge in [0.2, 0.25) is 0 Å². The van der Waals surface area contributed by atoms with Gasteiger partial charge in [-0.15, -0.1) is 11.8 Å². The monoisotopic (exact) mass is 430 g/mol. The van der Waals surface area contributed by atoms with Crippen molar-refractivity contribution in [3.05, 3.63) is 102 Å². The molecule has 1 aliphatic heterocycles. The van der Waals surface area contributed by atoms with Crippen LogP contribution in [0.25, 0.3) is 0 Å². The van der Waals surface area contributed by atoms with Crippen molar-refractivity contribution >= 4 is 28.8 Å². The normalized spacial score (nSPS) is 20.3. The van der Waals surface area contributed by atoms with E-state index in [0.29, 0.717) is 12.4 Å². The largest absolute Gasteiger partial charge is 0.494 e. The van der Waals surface area contributed by atoms with Gasteiger partial charge in [-0.25, -0.2) is 0 Å². The van der Waals surface area contributed by atoms with Crippen molar-refractivity contribution in [3.63, 3.8) is 0 Å². The minimum Gasteiger partial charge on any atom is -0.494 e. The Labute approximate surface area is 187 Å². The van der Waals surface area contributed by atoms with E-state index in [1.54, 1.807) is 11.8 Å². The SMILES string of the molecule is CCOc1ccc(N=C(C)/C=C2/SC[C@@](O)(c3ccccc3)N2c2ccccc2)cc1. The van der Waals surface area contributed by atoms with Crippen molar-refractivity contribution in [1.29, 1.82) is 0 Å². The molecule has 3 aromatic carbocycles. The topological polar surface area (TPSA) is 45.1 Å². The number of ether oxygens (including phenoxy) is 1. The molecule has 1 aliphatic rings. The molecular weight excluding hydrogens is 404 g/mol. The summed E-state index contributed by atoms with van der Waals surface area (Å²) in [4.78, 5) is 6.74. The molecule has 0 bridgehead atoms. The van der Waals surface area contributed by atoms with Crippen LogP contribution in [0.1, 0.15) is 19.4 Å². The first-order valence-electron chi connectivity index (χ1n) is 10.4. The lowest BCUT2D eigenvalue weighted by molar-refractivity contribution is 0.0721. The lowest BCUT2D eigenvalue weighted by Gasteiger charge is -2.35. The maximum Gasteiger partial charge on any atom is 0.178 e. The molecule has 1 saturated heterocycles. The Hall–Kier alpha value is -3.02. The number of aliphatic imine (C=N–C) groups is 1. The van der Waals surface area contributed by atoms with Gasteiger partial charge in [-0.1, -0.05) is 48.5 Å². The molecule has 1 heterocycles. The van der Waals surface area contributed by atoms with E-state index in [9.17, 15) is 5.11 Å². The van der Waals surface area contributed by atoms with Crippen LogP contribution in [-0.4, -0.2) is 23.2 Å². The second-order valence-corrected chi connectivity index (χ2v) is 8.30. The molecule has 0 amide bonds. The van der Waals surface area contributed by atoms with Crippen LogP contribution in [0.4, 0.5) is 11.4 Å². The average molecular weight is 431 g/mol. The van der Waals surface area contributed by atoms with Gasteiger partial charge in [-0.3, -0.25) is 4.99 Å². The summed E-state index contributed by atoms with van der Waals surface area (Å²) in [6.45, 7) is 4.59. The lowest BCUT2D eigenvalue weighted by atomic mass is 10.0. The van der Waals surface area contributed by atoms with Crippen LogP contribution in [0, 0.1) is 0 Å². The van der Waals surface area contributed by atoms with Crippen LogP contribution < -0.4 is 9.64 Å². The Balaban J connectivity index is 1.68. The fourth-order valence-corrected chi connectivity index (χ4v) is 4.91. The van der Waals surface area contributed by atoms with Crippen molar-refractivity contribution in [3.8, 4) is 5.75 Å². The molecule has 4 nitrogen and oxygen atoms in total. The second-order valence-electron chi connectivity index (χ2n) is 7.30. The smallest absolute Gasteiger partial charge is 0.178 e. The highest BCUT2D eigenvalue weighted by atomic mass is 32.2. The van der Waals surface area contributed by atoms with Crippen LogP contribution in [0.15, 0.2) is 101 Å². The Morgan fingerprint density at radius 2 is 1.68 bits per heavy atom. The number of aliphatic hydroxyl groups is 1. The summed E-state index contributed by atoms with van der Waals surface area (Å²) in [6, 6.07) is 27.6. The molecule has 5 heteroatoms. The average Bonchev–Trinajstić information content (AvgIpc) is 3.13. The van der Waals surface area contributed by atoms with E-state index in [1.807, 2.05) is 110 Å². The number of thioether (sulfide) groups is 1. The number of rotatable bonds is 6. The molecule has 0 saturated carbocycles. The Kier molecular flexibility index (Phi) is 6.44. The molecule has 3 aromatic rings. The predicted octanol–water partition coefficient (Wildman–Crippen LogP) is 6.12. The van der Waals surface area contributed by atoms with E-state index >= 15 is 0 Å². The highest BCUT2D eigenvalue weighted by Gasteiger charge is 2.44. The highest BCUT2D eigenvalue weighted by Crippen LogP contribution is 2.47. The number of allylic oxidation sites excluding steroid dienone is 1. The zero-order valence-corrected chi connectivity index (χ0v) is 18.5. The first-order chi connectivity index (χ1) is 15.1. The van der Waals surface area contributed by atoms with Crippen molar-refractivity contribution in [1.82, 2.24) is 0 Å². The van der Waals surface area contributed by atoms with Gasteiger partial charge in [0.05, 0.1) is 23.1 Å². The van der Waals surface area contributed by atoms with Gasteiger partial charge in [-0.2, -0.15) is 0 Å². The molecule has 1 N–H and O–H groups in total. The molecule has 158 valence electrons. The third-order valence-electron chi connectivity index (χ3n) is 5.05. The number of anilines is 1. The maximum atomic E-state index is 11.7. The molecule has 0 aliphatic carbocycles.